The van der Waals surface area contributed by atoms with Crippen LogP contribution >= 0.6 is 0 Å². The molecule has 0 aromatic heterocycles. The molecule has 7 nitrogen and oxygen atoms in total. The molecule has 0 unspecified atom stereocenters. The van der Waals surface area contributed by atoms with Crippen LogP contribution in [0.15, 0.2) is 53.4 Å². The quantitative estimate of drug-likeness (QED) is 0.706. The molecule has 0 bridgehead atoms. The van der Waals surface area contributed by atoms with Crippen molar-refractivity contribution in [2.75, 3.05) is 18.4 Å². The van der Waals surface area contributed by atoms with Crippen LogP contribution in [0.3, 0.4) is 0 Å². The van der Waals surface area contributed by atoms with Crippen molar-refractivity contribution in [2.45, 2.75) is 32.2 Å². The van der Waals surface area contributed by atoms with Crippen LogP contribution < -0.4 is 10.0 Å². The molecular weight excluding hydrogens is 378 g/mol. The number of nitrogens with one attached hydrogen (secondary N) is 2. The Kier molecular flexibility index (Phi) is 7.31. The summed E-state index contributed by atoms with van der Waals surface area (Å²) in [5.41, 5.74) is 2.10. The molecule has 2 rings (SSSR count). The van der Waals surface area contributed by atoms with Crippen LogP contribution in [0.25, 0.3) is 0 Å². The molecule has 8 heteroatoms. The molecule has 2 N–H and O–H groups in total. The van der Waals surface area contributed by atoms with Crippen molar-refractivity contribution in [2.24, 2.45) is 0 Å². The maximum atomic E-state index is 12.4. The molecule has 0 radical (unpaired) electrons. The highest BCUT2D eigenvalue weighted by atomic mass is 32.2. The van der Waals surface area contributed by atoms with Crippen molar-refractivity contribution in [3.63, 3.8) is 0 Å². The van der Waals surface area contributed by atoms with Crippen LogP contribution in [0.5, 0.6) is 0 Å². The molecule has 0 fully saturated rings. The van der Waals surface area contributed by atoms with Crippen molar-refractivity contribution < 1.29 is 18.0 Å². The first kappa shape index (κ1) is 21.6. The van der Waals surface area contributed by atoms with Gasteiger partial charge in [-0.3, -0.25) is 14.5 Å². The van der Waals surface area contributed by atoms with Crippen molar-refractivity contribution in [3.05, 3.63) is 59.7 Å². The second-order valence-corrected chi connectivity index (χ2v) is 7.98. The third kappa shape index (κ3) is 5.90. The SMILES string of the molecule is CCN(CC)Cc1ccc(C(=O)Nc2ccc(S(=O)(=O)NC(C)=O)cc2)cc1. The molecule has 2 aromatic rings. The van der Waals surface area contributed by atoms with Crippen LogP contribution in [0.1, 0.15) is 36.7 Å². The topological polar surface area (TPSA) is 95.6 Å². The number of anilines is 1. The molecule has 2 amide bonds. The first-order chi connectivity index (χ1) is 13.2. The summed E-state index contributed by atoms with van der Waals surface area (Å²) in [4.78, 5) is 25.6. The Morgan fingerprint density at radius 2 is 1.50 bits per heavy atom. The van der Waals surface area contributed by atoms with Gasteiger partial charge in [-0.15, -0.1) is 0 Å². The number of carbonyl (C=O) groups excluding carboxylic acids is 2. The molecule has 0 spiro atoms. The van der Waals surface area contributed by atoms with Crippen molar-refractivity contribution >= 4 is 27.5 Å². The van der Waals surface area contributed by atoms with Crippen LogP contribution in [-0.4, -0.2) is 38.2 Å². The Hall–Kier alpha value is -2.71. The molecule has 0 atom stereocenters. The molecule has 0 aliphatic heterocycles. The largest absolute Gasteiger partial charge is 0.322 e. The summed E-state index contributed by atoms with van der Waals surface area (Å²) in [5, 5.41) is 2.73. The van der Waals surface area contributed by atoms with E-state index in [1.165, 1.54) is 24.3 Å². The van der Waals surface area contributed by atoms with Crippen molar-refractivity contribution in [1.82, 2.24) is 9.62 Å². The minimum Gasteiger partial charge on any atom is -0.322 e. The molecule has 0 heterocycles. The first-order valence-corrected chi connectivity index (χ1v) is 10.5. The van der Waals surface area contributed by atoms with E-state index in [4.69, 9.17) is 0 Å². The summed E-state index contributed by atoms with van der Waals surface area (Å²) in [6.07, 6.45) is 0. The van der Waals surface area contributed by atoms with E-state index in [9.17, 15) is 18.0 Å². The van der Waals surface area contributed by atoms with Crippen molar-refractivity contribution in [1.29, 1.82) is 0 Å². The molecule has 28 heavy (non-hydrogen) atoms. The van der Waals surface area contributed by atoms with Gasteiger partial charge in [-0.05, 0) is 55.1 Å². The van der Waals surface area contributed by atoms with E-state index in [0.717, 1.165) is 32.1 Å². The lowest BCUT2D eigenvalue weighted by Gasteiger charge is -2.18. The molecule has 0 aliphatic carbocycles. The summed E-state index contributed by atoms with van der Waals surface area (Å²) in [6.45, 7) is 8.10. The number of nitrogens with zero attached hydrogens (tertiary/aromatic N) is 1. The maximum absolute atomic E-state index is 12.4. The van der Waals surface area contributed by atoms with Crippen LogP contribution in [-0.2, 0) is 21.4 Å². The number of rotatable bonds is 8. The zero-order valence-electron chi connectivity index (χ0n) is 16.2. The zero-order valence-corrected chi connectivity index (χ0v) is 17.0. The Labute approximate surface area is 165 Å². The molecule has 0 aliphatic rings. The number of hydrogen-bond acceptors (Lipinski definition) is 5. The number of carbonyl (C=O) groups is 2. The summed E-state index contributed by atoms with van der Waals surface area (Å²) in [6, 6.07) is 13.0. The third-order valence-corrected chi connectivity index (χ3v) is 5.67. The summed E-state index contributed by atoms with van der Waals surface area (Å²) in [7, 11) is -3.89. The van der Waals surface area contributed by atoms with Gasteiger partial charge in [0.25, 0.3) is 15.9 Å². The predicted octanol–water partition coefficient (Wildman–Crippen LogP) is 2.61. The Morgan fingerprint density at radius 1 is 0.929 bits per heavy atom. The fourth-order valence-corrected chi connectivity index (χ4v) is 3.63. The lowest BCUT2D eigenvalue weighted by Crippen LogP contribution is -2.28. The van der Waals surface area contributed by atoms with E-state index >= 15 is 0 Å². The Balaban J connectivity index is 2.03. The number of sulfonamides is 1. The normalized spacial score (nSPS) is 11.3. The van der Waals surface area contributed by atoms with Gasteiger partial charge >= 0.3 is 0 Å². The van der Waals surface area contributed by atoms with Gasteiger partial charge < -0.3 is 5.32 Å². The van der Waals surface area contributed by atoms with E-state index in [1.807, 2.05) is 16.9 Å². The zero-order chi connectivity index (χ0) is 20.7. The molecule has 0 saturated heterocycles. The summed E-state index contributed by atoms with van der Waals surface area (Å²) >= 11 is 0. The predicted molar refractivity (Wildman–Crippen MR) is 108 cm³/mol. The molecule has 150 valence electrons. The molecular formula is C20H25N3O4S. The minimum atomic E-state index is -3.89. The van der Waals surface area contributed by atoms with Crippen molar-refractivity contribution in [3.8, 4) is 0 Å². The van der Waals surface area contributed by atoms with E-state index < -0.39 is 15.9 Å². The number of amides is 2. The van der Waals surface area contributed by atoms with Crippen LogP contribution in [0, 0.1) is 0 Å². The highest BCUT2D eigenvalue weighted by Gasteiger charge is 2.15. The van der Waals surface area contributed by atoms with Gasteiger partial charge in [0.05, 0.1) is 4.90 Å². The third-order valence-electron chi connectivity index (χ3n) is 4.22. The smallest absolute Gasteiger partial charge is 0.264 e. The Bertz CT molecular complexity index is 919. The maximum Gasteiger partial charge on any atom is 0.264 e. The van der Waals surface area contributed by atoms with Gasteiger partial charge in [-0.2, -0.15) is 0 Å². The molecule has 0 saturated carbocycles. The van der Waals surface area contributed by atoms with Crippen LogP contribution in [0.2, 0.25) is 0 Å². The van der Waals surface area contributed by atoms with E-state index in [1.54, 1.807) is 12.1 Å². The fourth-order valence-electron chi connectivity index (χ4n) is 2.64. The van der Waals surface area contributed by atoms with E-state index in [0.29, 0.717) is 11.3 Å². The van der Waals surface area contributed by atoms with Gasteiger partial charge in [0.1, 0.15) is 0 Å². The highest BCUT2D eigenvalue weighted by molar-refractivity contribution is 7.90. The number of hydrogen-bond donors (Lipinski definition) is 2. The minimum absolute atomic E-state index is 0.0542. The van der Waals surface area contributed by atoms with Gasteiger partial charge in [-0.25, -0.2) is 13.1 Å². The fraction of sp³-hybridized carbons (Fsp3) is 0.300. The van der Waals surface area contributed by atoms with E-state index in [2.05, 4.69) is 24.1 Å². The van der Waals surface area contributed by atoms with Gasteiger partial charge in [-0.1, -0.05) is 26.0 Å². The highest BCUT2D eigenvalue weighted by Crippen LogP contribution is 2.15. The average Bonchev–Trinajstić information content (AvgIpc) is 2.66. The lowest BCUT2D eigenvalue weighted by molar-refractivity contribution is -0.117. The number of benzene rings is 2. The average molecular weight is 404 g/mol. The Morgan fingerprint density at radius 3 is 2.00 bits per heavy atom. The van der Waals surface area contributed by atoms with Crippen LogP contribution in [0.4, 0.5) is 5.69 Å². The second-order valence-electron chi connectivity index (χ2n) is 6.30. The van der Waals surface area contributed by atoms with E-state index in [-0.39, 0.29) is 10.8 Å². The first-order valence-electron chi connectivity index (χ1n) is 9.01. The lowest BCUT2D eigenvalue weighted by atomic mass is 10.1. The van der Waals surface area contributed by atoms with Gasteiger partial charge in [0.2, 0.25) is 5.91 Å². The summed E-state index contributed by atoms with van der Waals surface area (Å²) in [5.74, 6) is -0.950. The van der Waals surface area contributed by atoms with Gasteiger partial charge in [0, 0.05) is 24.7 Å². The second kappa shape index (κ2) is 9.48. The molecule has 2 aromatic carbocycles. The monoisotopic (exact) mass is 403 g/mol. The summed E-state index contributed by atoms with van der Waals surface area (Å²) < 4.78 is 25.7. The van der Waals surface area contributed by atoms with Gasteiger partial charge in [0.15, 0.2) is 0 Å². The standard InChI is InChI=1S/C20H25N3O4S/c1-4-23(5-2)14-16-6-8-17(9-7-16)20(25)21-18-10-12-19(13-11-18)28(26,27)22-15(3)24/h6-13H,4-5,14H2,1-3H3,(H,21,25)(H,22,24).